The molecule has 0 spiro atoms. The molecule has 0 N–H and O–H groups in total. The van der Waals surface area contributed by atoms with Gasteiger partial charge in [0.1, 0.15) is 5.60 Å². The lowest BCUT2D eigenvalue weighted by atomic mass is 9.77. The maximum absolute atomic E-state index is 12.2. The number of ether oxygens (including phenoxy) is 2. The highest BCUT2D eigenvalue weighted by Gasteiger charge is 2.44. The summed E-state index contributed by atoms with van der Waals surface area (Å²) in [6, 6.07) is 0. The number of carbonyl (C=O) groups excluding carboxylic acids is 2. The van der Waals surface area contributed by atoms with E-state index in [-0.39, 0.29) is 12.1 Å². The van der Waals surface area contributed by atoms with Crippen molar-refractivity contribution in [2.45, 2.75) is 73.3 Å². The standard InChI is InChI=1S/C15H27NO4.C2H6/c1-6-15(12(17)19-7-2)9-8-10-16(11-15)13(18)20-14(3,4)5;1-2/h6-11H2,1-5H3;1-2H3. The first-order chi connectivity index (χ1) is 10.2. The number of hydrogen-bond donors (Lipinski definition) is 0. The molecule has 1 atom stereocenters. The summed E-state index contributed by atoms with van der Waals surface area (Å²) in [6.07, 6.45) is 1.89. The second kappa shape index (κ2) is 9.01. The Kier molecular flexibility index (Phi) is 8.49. The second-order valence-corrected chi connectivity index (χ2v) is 6.36. The fourth-order valence-corrected chi connectivity index (χ4v) is 2.50. The minimum absolute atomic E-state index is 0.198. The van der Waals surface area contributed by atoms with Crippen molar-refractivity contribution in [2.75, 3.05) is 19.7 Å². The highest BCUT2D eigenvalue weighted by atomic mass is 16.6. The zero-order valence-electron chi connectivity index (χ0n) is 15.3. The topological polar surface area (TPSA) is 55.8 Å². The Labute approximate surface area is 135 Å². The zero-order chi connectivity index (χ0) is 17.4. The van der Waals surface area contributed by atoms with Gasteiger partial charge in [-0.3, -0.25) is 4.79 Å². The van der Waals surface area contributed by atoms with Crippen molar-refractivity contribution < 1.29 is 19.1 Å². The van der Waals surface area contributed by atoms with E-state index in [1.165, 1.54) is 0 Å². The predicted molar refractivity (Wildman–Crippen MR) is 87.7 cm³/mol. The molecule has 1 unspecified atom stereocenters. The third kappa shape index (κ3) is 5.85. The Hall–Kier alpha value is -1.26. The van der Waals surface area contributed by atoms with E-state index in [4.69, 9.17) is 9.47 Å². The summed E-state index contributed by atoms with van der Waals surface area (Å²) in [5.41, 5.74) is -1.10. The maximum Gasteiger partial charge on any atom is 0.410 e. The highest BCUT2D eigenvalue weighted by molar-refractivity contribution is 5.78. The Morgan fingerprint density at radius 2 is 1.77 bits per heavy atom. The lowest BCUT2D eigenvalue weighted by Crippen LogP contribution is -2.51. The molecule has 1 aliphatic rings. The molecule has 0 radical (unpaired) electrons. The fraction of sp³-hybridized carbons (Fsp3) is 0.882. The van der Waals surface area contributed by atoms with Crippen LogP contribution in [-0.4, -0.2) is 42.3 Å². The van der Waals surface area contributed by atoms with E-state index in [2.05, 4.69) is 0 Å². The van der Waals surface area contributed by atoms with Gasteiger partial charge in [0.05, 0.1) is 12.0 Å². The van der Waals surface area contributed by atoms with Crippen LogP contribution in [0.3, 0.4) is 0 Å². The molecule has 1 heterocycles. The summed E-state index contributed by atoms with van der Waals surface area (Å²) in [5, 5.41) is 0. The molecule has 1 fully saturated rings. The summed E-state index contributed by atoms with van der Waals surface area (Å²) in [7, 11) is 0. The average molecular weight is 315 g/mol. The van der Waals surface area contributed by atoms with Crippen molar-refractivity contribution in [3.8, 4) is 0 Å². The molecule has 5 nitrogen and oxygen atoms in total. The summed E-state index contributed by atoms with van der Waals surface area (Å²) in [4.78, 5) is 26.0. The molecule has 0 saturated carbocycles. The van der Waals surface area contributed by atoms with E-state index >= 15 is 0 Å². The van der Waals surface area contributed by atoms with Crippen LogP contribution in [-0.2, 0) is 14.3 Å². The van der Waals surface area contributed by atoms with Crippen molar-refractivity contribution >= 4 is 12.1 Å². The first kappa shape index (κ1) is 20.7. The van der Waals surface area contributed by atoms with Gasteiger partial charge in [0.2, 0.25) is 0 Å². The Morgan fingerprint density at radius 3 is 2.23 bits per heavy atom. The monoisotopic (exact) mass is 315 g/mol. The van der Waals surface area contributed by atoms with E-state index < -0.39 is 11.0 Å². The summed E-state index contributed by atoms with van der Waals surface area (Å²) in [5.74, 6) is -0.198. The van der Waals surface area contributed by atoms with Gasteiger partial charge < -0.3 is 14.4 Å². The van der Waals surface area contributed by atoms with Gasteiger partial charge in [-0.05, 0) is 47.0 Å². The fourth-order valence-electron chi connectivity index (χ4n) is 2.50. The molecule has 0 aromatic rings. The van der Waals surface area contributed by atoms with Gasteiger partial charge >= 0.3 is 12.1 Å². The average Bonchev–Trinajstić information content (AvgIpc) is 2.48. The smallest absolute Gasteiger partial charge is 0.410 e. The van der Waals surface area contributed by atoms with Crippen LogP contribution in [0.4, 0.5) is 4.79 Å². The summed E-state index contributed by atoms with van der Waals surface area (Å²) in [6.45, 7) is 14.7. The van der Waals surface area contributed by atoms with Gasteiger partial charge in [0.15, 0.2) is 0 Å². The molecule has 22 heavy (non-hydrogen) atoms. The number of nitrogens with zero attached hydrogens (tertiary/aromatic N) is 1. The third-order valence-electron chi connectivity index (χ3n) is 3.61. The van der Waals surface area contributed by atoms with Crippen LogP contribution in [0.5, 0.6) is 0 Å². The second-order valence-electron chi connectivity index (χ2n) is 6.36. The normalized spacial score (nSPS) is 21.5. The first-order valence-electron chi connectivity index (χ1n) is 8.39. The molecule has 0 bridgehead atoms. The number of carbonyl (C=O) groups is 2. The van der Waals surface area contributed by atoms with Crippen LogP contribution in [0.15, 0.2) is 0 Å². The van der Waals surface area contributed by atoms with Gasteiger partial charge in [-0.2, -0.15) is 0 Å². The quantitative estimate of drug-likeness (QED) is 0.739. The highest BCUT2D eigenvalue weighted by Crippen LogP contribution is 2.35. The molecular formula is C17H33NO4. The van der Waals surface area contributed by atoms with Crippen LogP contribution in [0, 0.1) is 5.41 Å². The zero-order valence-corrected chi connectivity index (χ0v) is 15.3. The number of likely N-dealkylation sites (tertiary alicyclic amines) is 1. The van der Waals surface area contributed by atoms with Gasteiger partial charge in [-0.15, -0.1) is 0 Å². The Bertz CT molecular complexity index is 362. The number of amides is 1. The molecule has 0 aliphatic carbocycles. The molecular weight excluding hydrogens is 282 g/mol. The number of esters is 1. The van der Waals surface area contributed by atoms with Crippen LogP contribution in [0.1, 0.15) is 67.7 Å². The van der Waals surface area contributed by atoms with Gasteiger partial charge in [-0.1, -0.05) is 20.8 Å². The van der Waals surface area contributed by atoms with Crippen molar-refractivity contribution in [2.24, 2.45) is 5.41 Å². The van der Waals surface area contributed by atoms with Crippen molar-refractivity contribution in [1.29, 1.82) is 0 Å². The predicted octanol–water partition coefficient (Wildman–Crippen LogP) is 4.00. The molecule has 1 aliphatic heterocycles. The van der Waals surface area contributed by atoms with Crippen LogP contribution in [0.25, 0.3) is 0 Å². The van der Waals surface area contributed by atoms with Crippen LogP contribution < -0.4 is 0 Å². The summed E-state index contributed by atoms with van der Waals surface area (Å²) >= 11 is 0. The number of piperidine rings is 1. The molecule has 1 rings (SSSR count). The molecule has 1 amide bonds. The van der Waals surface area contributed by atoms with E-state index in [1.807, 2.05) is 41.5 Å². The van der Waals surface area contributed by atoms with Crippen molar-refractivity contribution in [3.05, 3.63) is 0 Å². The molecule has 5 heteroatoms. The number of hydrogen-bond acceptors (Lipinski definition) is 4. The van der Waals surface area contributed by atoms with Gasteiger partial charge in [-0.25, -0.2) is 4.79 Å². The van der Waals surface area contributed by atoms with Crippen LogP contribution >= 0.6 is 0 Å². The SMILES string of the molecule is CC.CCOC(=O)C1(CC)CCCN(C(=O)OC(C)(C)C)C1. The lowest BCUT2D eigenvalue weighted by Gasteiger charge is -2.40. The van der Waals surface area contributed by atoms with E-state index in [9.17, 15) is 9.59 Å². The van der Waals surface area contributed by atoms with E-state index in [1.54, 1.807) is 11.8 Å². The lowest BCUT2D eigenvalue weighted by molar-refractivity contribution is -0.159. The minimum atomic E-state index is -0.578. The Morgan fingerprint density at radius 1 is 1.18 bits per heavy atom. The minimum Gasteiger partial charge on any atom is -0.466 e. The van der Waals surface area contributed by atoms with Crippen molar-refractivity contribution in [1.82, 2.24) is 4.90 Å². The molecule has 0 aromatic heterocycles. The molecule has 1 saturated heterocycles. The largest absolute Gasteiger partial charge is 0.466 e. The summed E-state index contributed by atoms with van der Waals surface area (Å²) < 4.78 is 10.6. The van der Waals surface area contributed by atoms with Gasteiger partial charge in [0.25, 0.3) is 0 Å². The van der Waals surface area contributed by atoms with E-state index in [0.717, 1.165) is 12.8 Å². The van der Waals surface area contributed by atoms with E-state index in [0.29, 0.717) is 26.1 Å². The third-order valence-corrected chi connectivity index (χ3v) is 3.61. The first-order valence-corrected chi connectivity index (χ1v) is 8.39. The molecule has 130 valence electrons. The van der Waals surface area contributed by atoms with Crippen LogP contribution in [0.2, 0.25) is 0 Å². The number of rotatable bonds is 3. The maximum atomic E-state index is 12.2. The molecule has 0 aromatic carbocycles. The van der Waals surface area contributed by atoms with Crippen molar-refractivity contribution in [3.63, 3.8) is 0 Å². The Balaban J connectivity index is 0.00000211. The van der Waals surface area contributed by atoms with Gasteiger partial charge in [0, 0.05) is 13.1 Å².